The number of likely N-dealkylation sites (tertiary alicyclic amines) is 1. The van der Waals surface area contributed by atoms with Crippen LogP contribution in [0.25, 0.3) is 0 Å². The van der Waals surface area contributed by atoms with Crippen molar-refractivity contribution in [2.45, 2.75) is 44.2 Å². The molecule has 1 aliphatic rings. The standard InChI is InChI=1S/C21H27NO2/c1-2-21(18-10-6-11-19(23)14-18)16-22(13-7-12-20(21)24)15-17-8-4-3-5-9-17/h3-6,8-11,14,20,23-24H,2,7,12-13,15-16H2,1H3. The van der Waals surface area contributed by atoms with Gasteiger partial charge in [-0.1, -0.05) is 49.4 Å². The quantitative estimate of drug-likeness (QED) is 0.901. The Labute approximate surface area is 144 Å². The van der Waals surface area contributed by atoms with Gasteiger partial charge in [-0.25, -0.2) is 0 Å². The lowest BCUT2D eigenvalue weighted by molar-refractivity contribution is 0.0605. The van der Waals surface area contributed by atoms with E-state index in [1.165, 1.54) is 5.56 Å². The first-order valence-corrected chi connectivity index (χ1v) is 8.88. The van der Waals surface area contributed by atoms with Gasteiger partial charge in [-0.2, -0.15) is 0 Å². The highest BCUT2D eigenvalue weighted by Crippen LogP contribution is 2.38. The third kappa shape index (κ3) is 3.47. The van der Waals surface area contributed by atoms with Crippen LogP contribution >= 0.6 is 0 Å². The average molecular weight is 325 g/mol. The normalized spacial score (nSPS) is 25.3. The molecular formula is C21H27NO2. The summed E-state index contributed by atoms with van der Waals surface area (Å²) in [7, 11) is 0. The van der Waals surface area contributed by atoms with Crippen LogP contribution in [0.1, 0.15) is 37.3 Å². The summed E-state index contributed by atoms with van der Waals surface area (Å²) in [5.74, 6) is 0.270. The van der Waals surface area contributed by atoms with E-state index in [-0.39, 0.29) is 17.3 Å². The molecule has 2 unspecified atom stereocenters. The van der Waals surface area contributed by atoms with Crippen molar-refractivity contribution < 1.29 is 10.2 Å². The SMILES string of the molecule is CCC1(c2cccc(O)c2)CN(Cc2ccccc2)CCCC1O. The summed E-state index contributed by atoms with van der Waals surface area (Å²) < 4.78 is 0. The molecule has 3 nitrogen and oxygen atoms in total. The summed E-state index contributed by atoms with van der Waals surface area (Å²) in [6.45, 7) is 4.84. The second kappa shape index (κ2) is 7.37. The number of benzene rings is 2. The Kier molecular flexibility index (Phi) is 5.22. The molecule has 2 N–H and O–H groups in total. The van der Waals surface area contributed by atoms with Gasteiger partial charge >= 0.3 is 0 Å². The van der Waals surface area contributed by atoms with Gasteiger partial charge in [0.15, 0.2) is 0 Å². The summed E-state index contributed by atoms with van der Waals surface area (Å²) in [6.07, 6.45) is 2.26. The van der Waals surface area contributed by atoms with Gasteiger partial charge in [-0.3, -0.25) is 4.90 Å². The molecule has 0 aliphatic carbocycles. The highest BCUT2D eigenvalue weighted by molar-refractivity contribution is 5.35. The van der Waals surface area contributed by atoms with Crippen LogP contribution in [-0.2, 0) is 12.0 Å². The topological polar surface area (TPSA) is 43.7 Å². The van der Waals surface area contributed by atoms with Gasteiger partial charge in [0.25, 0.3) is 0 Å². The van der Waals surface area contributed by atoms with Crippen molar-refractivity contribution in [3.05, 3.63) is 65.7 Å². The maximum atomic E-state index is 10.9. The Hall–Kier alpha value is -1.84. The molecule has 0 spiro atoms. The van der Waals surface area contributed by atoms with E-state index in [0.717, 1.165) is 44.5 Å². The monoisotopic (exact) mass is 325 g/mol. The van der Waals surface area contributed by atoms with E-state index in [2.05, 4.69) is 36.1 Å². The highest BCUT2D eigenvalue weighted by Gasteiger charge is 2.41. The van der Waals surface area contributed by atoms with Crippen LogP contribution in [0.5, 0.6) is 5.75 Å². The van der Waals surface area contributed by atoms with Crippen LogP contribution in [0.15, 0.2) is 54.6 Å². The van der Waals surface area contributed by atoms with Crippen molar-refractivity contribution in [3.8, 4) is 5.75 Å². The molecule has 0 saturated carbocycles. The number of aromatic hydroxyl groups is 1. The largest absolute Gasteiger partial charge is 0.508 e. The summed E-state index contributed by atoms with van der Waals surface area (Å²) in [5.41, 5.74) is 2.01. The molecule has 1 heterocycles. The van der Waals surface area contributed by atoms with Crippen molar-refractivity contribution in [1.29, 1.82) is 0 Å². The van der Waals surface area contributed by atoms with Gasteiger partial charge in [0, 0.05) is 18.5 Å². The third-order valence-corrected chi connectivity index (χ3v) is 5.40. The molecule has 24 heavy (non-hydrogen) atoms. The zero-order chi connectivity index (χ0) is 17.0. The van der Waals surface area contributed by atoms with E-state index in [0.29, 0.717) is 0 Å². The minimum atomic E-state index is -0.384. The fraction of sp³-hybridized carbons (Fsp3) is 0.429. The van der Waals surface area contributed by atoms with E-state index in [9.17, 15) is 10.2 Å². The fourth-order valence-corrected chi connectivity index (χ4v) is 4.00. The van der Waals surface area contributed by atoms with E-state index in [1.807, 2.05) is 24.3 Å². The Morgan fingerprint density at radius 1 is 1.12 bits per heavy atom. The molecular weight excluding hydrogens is 298 g/mol. The maximum Gasteiger partial charge on any atom is 0.115 e. The zero-order valence-electron chi connectivity index (χ0n) is 14.4. The number of hydrogen-bond donors (Lipinski definition) is 2. The summed E-state index contributed by atoms with van der Waals surface area (Å²) in [5, 5.41) is 20.8. The lowest BCUT2D eigenvalue weighted by atomic mass is 9.72. The van der Waals surface area contributed by atoms with Crippen molar-refractivity contribution in [3.63, 3.8) is 0 Å². The van der Waals surface area contributed by atoms with Gasteiger partial charge in [0.2, 0.25) is 0 Å². The molecule has 2 atom stereocenters. The Bertz CT molecular complexity index is 658. The van der Waals surface area contributed by atoms with Crippen LogP contribution in [-0.4, -0.2) is 34.3 Å². The number of phenols is 1. The first-order valence-electron chi connectivity index (χ1n) is 8.88. The molecule has 1 saturated heterocycles. The van der Waals surface area contributed by atoms with E-state index in [1.54, 1.807) is 6.07 Å². The van der Waals surface area contributed by atoms with Crippen LogP contribution in [0.4, 0.5) is 0 Å². The second-order valence-electron chi connectivity index (χ2n) is 6.91. The Balaban J connectivity index is 1.90. The lowest BCUT2D eigenvalue weighted by Gasteiger charge is -2.39. The predicted octanol–water partition coefficient (Wildman–Crippen LogP) is 3.70. The molecule has 1 aliphatic heterocycles. The predicted molar refractivity (Wildman–Crippen MR) is 97.0 cm³/mol. The third-order valence-electron chi connectivity index (χ3n) is 5.40. The summed E-state index contributed by atoms with van der Waals surface area (Å²) in [4.78, 5) is 2.44. The molecule has 2 aromatic carbocycles. The Morgan fingerprint density at radius 3 is 2.62 bits per heavy atom. The van der Waals surface area contributed by atoms with E-state index in [4.69, 9.17) is 0 Å². The number of aliphatic hydroxyl groups excluding tert-OH is 1. The van der Waals surface area contributed by atoms with Crippen LogP contribution < -0.4 is 0 Å². The van der Waals surface area contributed by atoms with Crippen LogP contribution in [0, 0.1) is 0 Å². The molecule has 0 amide bonds. The summed E-state index contributed by atoms with van der Waals surface area (Å²) in [6, 6.07) is 17.9. The second-order valence-corrected chi connectivity index (χ2v) is 6.91. The minimum absolute atomic E-state index is 0.270. The van der Waals surface area contributed by atoms with Crippen LogP contribution in [0.3, 0.4) is 0 Å². The number of phenolic OH excluding ortho intramolecular Hbond substituents is 1. The highest BCUT2D eigenvalue weighted by atomic mass is 16.3. The van der Waals surface area contributed by atoms with Gasteiger partial charge in [-0.15, -0.1) is 0 Å². The van der Waals surface area contributed by atoms with Crippen LogP contribution in [0.2, 0.25) is 0 Å². The zero-order valence-corrected chi connectivity index (χ0v) is 14.4. The first kappa shape index (κ1) is 17.0. The van der Waals surface area contributed by atoms with E-state index >= 15 is 0 Å². The minimum Gasteiger partial charge on any atom is -0.508 e. The number of nitrogens with zero attached hydrogens (tertiary/aromatic N) is 1. The Morgan fingerprint density at radius 2 is 1.92 bits per heavy atom. The molecule has 0 bridgehead atoms. The number of hydrogen-bond acceptors (Lipinski definition) is 3. The van der Waals surface area contributed by atoms with Crippen molar-refractivity contribution in [1.82, 2.24) is 4.90 Å². The molecule has 1 fully saturated rings. The molecule has 128 valence electrons. The van der Waals surface area contributed by atoms with Gasteiger partial charge in [-0.05, 0) is 49.1 Å². The first-order chi connectivity index (χ1) is 11.6. The number of aliphatic hydroxyl groups is 1. The smallest absolute Gasteiger partial charge is 0.115 e. The molecule has 0 aromatic heterocycles. The maximum absolute atomic E-state index is 10.9. The van der Waals surface area contributed by atoms with Gasteiger partial charge in [0.05, 0.1) is 6.10 Å². The van der Waals surface area contributed by atoms with E-state index < -0.39 is 0 Å². The molecule has 3 heteroatoms. The average Bonchev–Trinajstić information content (AvgIpc) is 2.75. The summed E-state index contributed by atoms with van der Waals surface area (Å²) >= 11 is 0. The fourth-order valence-electron chi connectivity index (χ4n) is 4.00. The van der Waals surface area contributed by atoms with Crippen molar-refractivity contribution in [2.24, 2.45) is 0 Å². The molecule has 2 aromatic rings. The van der Waals surface area contributed by atoms with Crippen molar-refractivity contribution >= 4 is 0 Å². The van der Waals surface area contributed by atoms with Gasteiger partial charge in [0.1, 0.15) is 5.75 Å². The molecule has 3 rings (SSSR count). The van der Waals surface area contributed by atoms with Gasteiger partial charge < -0.3 is 10.2 Å². The molecule has 0 radical (unpaired) electrons. The van der Waals surface area contributed by atoms with Crippen molar-refractivity contribution in [2.75, 3.05) is 13.1 Å². The lowest BCUT2D eigenvalue weighted by Crippen LogP contribution is -2.46. The number of rotatable bonds is 4.